The first-order chi connectivity index (χ1) is 16.7. The normalized spacial score (nSPS) is 12.1. The van der Waals surface area contributed by atoms with Gasteiger partial charge in [0.2, 0.25) is 0 Å². The molecular formula is C23H21ClFN7O2S. The number of aromatic amines is 1. The van der Waals surface area contributed by atoms with E-state index in [1.54, 1.807) is 12.4 Å². The molecule has 180 valence electrons. The first kappa shape index (κ1) is 23.2. The quantitative estimate of drug-likeness (QED) is 0.304. The maximum Gasteiger partial charge on any atom is 0.178 e. The summed E-state index contributed by atoms with van der Waals surface area (Å²) in [6, 6.07) is 9.85. The van der Waals surface area contributed by atoms with Crippen molar-refractivity contribution in [1.29, 1.82) is 0 Å². The smallest absolute Gasteiger partial charge is 0.178 e. The van der Waals surface area contributed by atoms with Gasteiger partial charge in [0.1, 0.15) is 22.6 Å². The number of aromatic nitrogens is 5. The van der Waals surface area contributed by atoms with Crippen molar-refractivity contribution in [2.45, 2.75) is 24.5 Å². The molecule has 3 heterocycles. The molecule has 12 heteroatoms. The van der Waals surface area contributed by atoms with Crippen molar-refractivity contribution in [3.63, 3.8) is 0 Å². The van der Waals surface area contributed by atoms with E-state index in [0.717, 1.165) is 28.4 Å². The third kappa shape index (κ3) is 4.70. The van der Waals surface area contributed by atoms with E-state index in [0.29, 0.717) is 47.2 Å². The van der Waals surface area contributed by atoms with Gasteiger partial charge in [-0.15, -0.1) is 0 Å². The van der Waals surface area contributed by atoms with Gasteiger partial charge in [-0.25, -0.2) is 27.8 Å². The first-order valence-corrected chi connectivity index (χ1v) is 12.9. The van der Waals surface area contributed by atoms with E-state index in [1.807, 2.05) is 22.8 Å². The molecule has 5 rings (SSSR count). The molecule has 0 saturated heterocycles. The fourth-order valence-electron chi connectivity index (χ4n) is 4.04. The maximum absolute atomic E-state index is 13.8. The fraction of sp³-hybridized carbons (Fsp3) is 0.174. The van der Waals surface area contributed by atoms with Crippen LogP contribution in [-0.2, 0) is 29.5 Å². The van der Waals surface area contributed by atoms with Gasteiger partial charge in [0.15, 0.2) is 21.3 Å². The fourth-order valence-corrected chi connectivity index (χ4v) is 5.08. The zero-order valence-corrected chi connectivity index (χ0v) is 20.2. The Bertz CT molecular complexity index is 1680. The highest BCUT2D eigenvalue weighted by atomic mass is 35.5. The summed E-state index contributed by atoms with van der Waals surface area (Å²) in [5.41, 5.74) is 10.5. The average Bonchev–Trinajstić information content (AvgIpc) is 3.39. The molecule has 5 aromatic rings. The Morgan fingerprint density at radius 3 is 2.77 bits per heavy atom. The number of benzene rings is 2. The first-order valence-electron chi connectivity index (χ1n) is 10.6. The zero-order valence-electron chi connectivity index (χ0n) is 18.6. The predicted molar refractivity (Wildman–Crippen MR) is 132 cm³/mol. The standard InChI is InChI=1S/C23H21ClFN7O2S/c1-35(33,34)19-4-13(2-3-18(19)25)8-27-9-17-7-14-5-16(24)6-15(20(14)31-17)10-32-12-30-21-22(26)28-11-29-23(21)32/h2-7,11-12,27,31H,8-10H2,1H3,(H2,26,28,29). The van der Waals surface area contributed by atoms with Crippen LogP contribution >= 0.6 is 11.6 Å². The van der Waals surface area contributed by atoms with Crippen molar-refractivity contribution in [2.24, 2.45) is 0 Å². The number of fused-ring (bicyclic) bond motifs is 2. The zero-order chi connectivity index (χ0) is 24.7. The van der Waals surface area contributed by atoms with E-state index < -0.39 is 15.7 Å². The molecule has 3 aromatic heterocycles. The molecule has 4 N–H and O–H groups in total. The van der Waals surface area contributed by atoms with Crippen molar-refractivity contribution in [3.8, 4) is 0 Å². The Balaban J connectivity index is 1.36. The van der Waals surface area contributed by atoms with Gasteiger partial charge in [0, 0.05) is 35.4 Å². The Labute approximate surface area is 205 Å². The van der Waals surface area contributed by atoms with Gasteiger partial charge in [-0.3, -0.25) is 0 Å². The van der Waals surface area contributed by atoms with Crippen molar-refractivity contribution in [3.05, 3.63) is 76.7 Å². The Hall–Kier alpha value is -3.54. The van der Waals surface area contributed by atoms with E-state index in [4.69, 9.17) is 17.3 Å². The Morgan fingerprint density at radius 1 is 1.14 bits per heavy atom. The predicted octanol–water partition coefficient (Wildman–Crippen LogP) is 3.42. The van der Waals surface area contributed by atoms with Crippen LogP contribution in [-0.4, -0.2) is 39.2 Å². The van der Waals surface area contributed by atoms with E-state index >= 15 is 0 Å². The number of nitrogens with one attached hydrogen (secondary N) is 2. The maximum atomic E-state index is 13.8. The average molecular weight is 514 g/mol. The van der Waals surface area contributed by atoms with Gasteiger partial charge in [0.05, 0.1) is 18.4 Å². The van der Waals surface area contributed by atoms with Gasteiger partial charge in [-0.2, -0.15) is 0 Å². The second-order valence-electron chi connectivity index (χ2n) is 8.27. The van der Waals surface area contributed by atoms with Gasteiger partial charge >= 0.3 is 0 Å². The second kappa shape index (κ2) is 8.91. The largest absolute Gasteiger partial charge is 0.382 e. The molecule has 0 atom stereocenters. The Kier molecular flexibility index (Phi) is 5.91. The summed E-state index contributed by atoms with van der Waals surface area (Å²) in [5, 5.41) is 4.81. The summed E-state index contributed by atoms with van der Waals surface area (Å²) in [6.45, 7) is 1.32. The van der Waals surface area contributed by atoms with Crippen LogP contribution in [0.2, 0.25) is 5.02 Å². The molecule has 0 fully saturated rings. The molecule has 35 heavy (non-hydrogen) atoms. The van der Waals surface area contributed by atoms with Crippen LogP contribution in [0.25, 0.3) is 22.1 Å². The minimum absolute atomic E-state index is 0.305. The lowest BCUT2D eigenvalue weighted by Crippen LogP contribution is -2.13. The molecule has 0 aliphatic heterocycles. The number of nitrogens with zero attached hydrogens (tertiary/aromatic N) is 4. The topological polar surface area (TPSA) is 132 Å². The molecule has 0 spiro atoms. The van der Waals surface area contributed by atoms with Crippen LogP contribution in [0.1, 0.15) is 16.8 Å². The monoisotopic (exact) mass is 513 g/mol. The number of nitrogens with two attached hydrogens (primary N) is 1. The van der Waals surface area contributed by atoms with Crippen molar-refractivity contribution >= 4 is 49.3 Å². The summed E-state index contributed by atoms with van der Waals surface area (Å²) in [7, 11) is -3.64. The molecule has 9 nitrogen and oxygen atoms in total. The van der Waals surface area contributed by atoms with Crippen molar-refractivity contribution in [2.75, 3.05) is 12.0 Å². The van der Waals surface area contributed by atoms with Gasteiger partial charge in [-0.05, 0) is 41.5 Å². The lowest BCUT2D eigenvalue weighted by atomic mass is 10.1. The van der Waals surface area contributed by atoms with Gasteiger partial charge in [-0.1, -0.05) is 17.7 Å². The van der Waals surface area contributed by atoms with E-state index in [1.165, 1.54) is 18.5 Å². The molecule has 2 aromatic carbocycles. The van der Waals surface area contributed by atoms with Crippen molar-refractivity contribution in [1.82, 2.24) is 29.8 Å². The summed E-state index contributed by atoms with van der Waals surface area (Å²) in [4.78, 5) is 15.7. The number of anilines is 1. The van der Waals surface area contributed by atoms with Crippen LogP contribution in [0.4, 0.5) is 10.2 Å². The lowest BCUT2D eigenvalue weighted by molar-refractivity contribution is 0.568. The SMILES string of the molecule is CS(=O)(=O)c1cc(CNCc2cc3cc(Cl)cc(Cn4cnc5c(N)ncnc54)c3[nH]2)ccc1F. The number of sulfone groups is 1. The van der Waals surface area contributed by atoms with E-state index in [-0.39, 0.29) is 4.90 Å². The molecular weight excluding hydrogens is 493 g/mol. The van der Waals surface area contributed by atoms with Crippen LogP contribution < -0.4 is 11.1 Å². The third-order valence-electron chi connectivity index (χ3n) is 5.64. The number of imidazole rings is 1. The highest BCUT2D eigenvalue weighted by Crippen LogP contribution is 2.27. The van der Waals surface area contributed by atoms with Crippen LogP contribution in [0.15, 0.2) is 53.9 Å². The molecule has 0 bridgehead atoms. The van der Waals surface area contributed by atoms with Crippen LogP contribution in [0.5, 0.6) is 0 Å². The van der Waals surface area contributed by atoms with Gasteiger partial charge < -0.3 is 20.6 Å². The molecule has 0 unspecified atom stereocenters. The molecule has 0 aliphatic rings. The van der Waals surface area contributed by atoms with Crippen LogP contribution in [0, 0.1) is 5.82 Å². The number of hydrogen-bond donors (Lipinski definition) is 3. The molecule has 0 radical (unpaired) electrons. The minimum Gasteiger partial charge on any atom is -0.382 e. The number of nitrogen functional groups attached to an aromatic ring is 1. The Morgan fingerprint density at radius 2 is 1.97 bits per heavy atom. The summed E-state index contributed by atoms with van der Waals surface area (Å²) >= 11 is 6.39. The minimum atomic E-state index is -3.64. The molecule has 0 aliphatic carbocycles. The van der Waals surface area contributed by atoms with Gasteiger partial charge in [0.25, 0.3) is 0 Å². The lowest BCUT2D eigenvalue weighted by Gasteiger charge is -2.07. The number of halogens is 2. The number of hydrogen-bond acceptors (Lipinski definition) is 7. The number of H-pyrrole nitrogens is 1. The summed E-state index contributed by atoms with van der Waals surface area (Å²) in [5.74, 6) is -0.431. The molecule has 0 amide bonds. The highest BCUT2D eigenvalue weighted by molar-refractivity contribution is 7.90. The van der Waals surface area contributed by atoms with Crippen molar-refractivity contribution < 1.29 is 12.8 Å². The number of rotatable bonds is 7. The third-order valence-corrected chi connectivity index (χ3v) is 6.97. The highest BCUT2D eigenvalue weighted by Gasteiger charge is 2.15. The van der Waals surface area contributed by atoms with E-state index in [2.05, 4.69) is 25.3 Å². The van der Waals surface area contributed by atoms with E-state index in [9.17, 15) is 12.8 Å². The molecule has 0 saturated carbocycles. The summed E-state index contributed by atoms with van der Waals surface area (Å²) < 4.78 is 39.3. The summed E-state index contributed by atoms with van der Waals surface area (Å²) in [6.07, 6.45) is 4.06. The second-order valence-corrected chi connectivity index (χ2v) is 10.7. The van der Waals surface area contributed by atoms with Crippen LogP contribution in [0.3, 0.4) is 0 Å².